The lowest BCUT2D eigenvalue weighted by Crippen LogP contribution is -2.05. The summed E-state index contributed by atoms with van der Waals surface area (Å²) < 4.78 is 12.5. The van der Waals surface area contributed by atoms with Crippen LogP contribution >= 0.6 is 11.8 Å². The van der Waals surface area contributed by atoms with Crippen LogP contribution in [-0.2, 0) is 10.5 Å². The van der Waals surface area contributed by atoms with E-state index in [1.54, 1.807) is 12.3 Å². The smallest absolute Gasteiger partial charge is 0.338 e. The summed E-state index contributed by atoms with van der Waals surface area (Å²) in [5.74, 6) is 1.47. The Morgan fingerprint density at radius 1 is 1.07 bits per heavy atom. The quantitative estimate of drug-likeness (QED) is 0.335. The van der Waals surface area contributed by atoms with Gasteiger partial charge in [-0.2, -0.15) is 0 Å². The molecule has 0 fully saturated rings. The largest absolute Gasteiger partial charge is 0.465 e. The number of aromatic nitrogens is 3. The number of hydrogen-bond donors (Lipinski definition) is 0. The maximum atomic E-state index is 12.1. The summed E-state index contributed by atoms with van der Waals surface area (Å²) >= 11 is 1.50. The molecule has 146 valence electrons. The summed E-state index contributed by atoms with van der Waals surface area (Å²) in [6, 6.07) is 19.1. The number of aryl methyl sites for hydroxylation is 1. The second-order valence-electron chi connectivity index (χ2n) is 6.34. The summed E-state index contributed by atoms with van der Waals surface area (Å²) in [7, 11) is 1.39. The molecule has 0 saturated carbocycles. The van der Waals surface area contributed by atoms with Crippen LogP contribution in [0.1, 0.15) is 21.5 Å². The Bertz CT molecular complexity index is 1140. The highest BCUT2D eigenvalue weighted by molar-refractivity contribution is 7.98. The molecule has 6 nitrogen and oxygen atoms in total. The van der Waals surface area contributed by atoms with Crippen molar-refractivity contribution in [1.29, 1.82) is 0 Å². The van der Waals surface area contributed by atoms with Crippen LogP contribution in [0.25, 0.3) is 17.3 Å². The van der Waals surface area contributed by atoms with Crippen LogP contribution in [-0.4, -0.2) is 27.8 Å². The number of para-hydroxylation sites is 1. The molecular formula is C22H19N3O3S. The van der Waals surface area contributed by atoms with Gasteiger partial charge in [0.15, 0.2) is 10.9 Å². The van der Waals surface area contributed by atoms with Gasteiger partial charge in [-0.3, -0.25) is 4.57 Å². The van der Waals surface area contributed by atoms with Gasteiger partial charge in [-0.1, -0.05) is 48.2 Å². The molecule has 0 bridgehead atoms. The molecule has 29 heavy (non-hydrogen) atoms. The number of benzene rings is 2. The van der Waals surface area contributed by atoms with Crippen LogP contribution < -0.4 is 0 Å². The van der Waals surface area contributed by atoms with Crippen molar-refractivity contribution in [3.05, 3.63) is 83.6 Å². The van der Waals surface area contributed by atoms with Crippen LogP contribution in [0, 0.1) is 6.92 Å². The third kappa shape index (κ3) is 3.82. The highest BCUT2D eigenvalue weighted by Crippen LogP contribution is 2.31. The number of carbonyl (C=O) groups excluding carboxylic acids is 1. The Morgan fingerprint density at radius 2 is 1.86 bits per heavy atom. The fourth-order valence-electron chi connectivity index (χ4n) is 3.06. The summed E-state index contributed by atoms with van der Waals surface area (Å²) in [5.41, 5.74) is 3.50. The fourth-order valence-corrected chi connectivity index (χ4v) is 4.01. The number of esters is 1. The van der Waals surface area contributed by atoms with Crippen LogP contribution in [0.5, 0.6) is 0 Å². The van der Waals surface area contributed by atoms with Crippen molar-refractivity contribution in [2.75, 3.05) is 7.11 Å². The number of carbonyl (C=O) groups is 1. The van der Waals surface area contributed by atoms with Crippen LogP contribution in [0.3, 0.4) is 0 Å². The zero-order valence-corrected chi connectivity index (χ0v) is 16.8. The van der Waals surface area contributed by atoms with Crippen molar-refractivity contribution in [2.24, 2.45) is 0 Å². The zero-order valence-electron chi connectivity index (χ0n) is 16.0. The summed E-state index contributed by atoms with van der Waals surface area (Å²) in [4.78, 5) is 12.1. The first kappa shape index (κ1) is 19.0. The Kier molecular flexibility index (Phi) is 5.48. The van der Waals surface area contributed by atoms with Gasteiger partial charge >= 0.3 is 5.97 Å². The van der Waals surface area contributed by atoms with E-state index in [2.05, 4.69) is 10.2 Å². The monoisotopic (exact) mass is 405 g/mol. The Hall–Kier alpha value is -3.32. The number of furan rings is 1. The molecule has 0 radical (unpaired) electrons. The number of thioether (sulfide) groups is 1. The van der Waals surface area contributed by atoms with E-state index in [9.17, 15) is 4.79 Å². The van der Waals surface area contributed by atoms with Gasteiger partial charge < -0.3 is 9.15 Å². The molecule has 0 aliphatic heterocycles. The van der Waals surface area contributed by atoms with Gasteiger partial charge in [0.1, 0.15) is 0 Å². The summed E-state index contributed by atoms with van der Waals surface area (Å²) in [6.07, 6.45) is 1.62. The zero-order chi connectivity index (χ0) is 20.2. The molecule has 0 aliphatic rings. The second-order valence-corrected chi connectivity index (χ2v) is 7.29. The molecule has 2 aromatic carbocycles. The molecule has 4 rings (SSSR count). The topological polar surface area (TPSA) is 70.2 Å². The molecule has 0 unspecified atom stereocenters. The number of rotatable bonds is 6. The van der Waals surface area contributed by atoms with Crippen LogP contribution in [0.4, 0.5) is 0 Å². The first-order valence-electron chi connectivity index (χ1n) is 9.03. The third-order valence-corrected chi connectivity index (χ3v) is 5.49. The van der Waals surface area contributed by atoms with E-state index in [0.29, 0.717) is 28.1 Å². The van der Waals surface area contributed by atoms with E-state index >= 15 is 0 Å². The average molecular weight is 405 g/mol. The van der Waals surface area contributed by atoms with Crippen LogP contribution in [0.15, 0.2) is 76.5 Å². The van der Waals surface area contributed by atoms with Gasteiger partial charge in [0, 0.05) is 5.75 Å². The van der Waals surface area contributed by atoms with Gasteiger partial charge in [-0.25, -0.2) is 4.79 Å². The molecule has 0 amide bonds. The Balaban J connectivity index is 1.73. The van der Waals surface area contributed by atoms with Gasteiger partial charge in [-0.15, -0.1) is 10.2 Å². The molecular weight excluding hydrogens is 386 g/mol. The molecule has 7 heteroatoms. The normalized spacial score (nSPS) is 10.8. The molecule has 2 heterocycles. The predicted molar refractivity (Wildman–Crippen MR) is 111 cm³/mol. The Labute approximate surface area is 172 Å². The lowest BCUT2D eigenvalue weighted by atomic mass is 10.1. The van der Waals surface area contributed by atoms with E-state index in [-0.39, 0.29) is 5.97 Å². The summed E-state index contributed by atoms with van der Waals surface area (Å²) in [5, 5.41) is 9.48. The van der Waals surface area contributed by atoms with E-state index in [1.807, 2.05) is 66.1 Å². The number of ether oxygens (including phenoxy) is 1. The van der Waals surface area contributed by atoms with Crippen LogP contribution in [0.2, 0.25) is 0 Å². The maximum absolute atomic E-state index is 12.1. The minimum atomic E-state index is -0.349. The van der Waals surface area contributed by atoms with Crippen molar-refractivity contribution in [3.63, 3.8) is 0 Å². The predicted octanol–water partition coefficient (Wildman–Crippen LogP) is 4.91. The number of hydrogen-bond acceptors (Lipinski definition) is 6. The number of nitrogens with zero attached hydrogens (tertiary/aromatic N) is 3. The SMILES string of the molecule is COC(=O)c1ccccc1CSc1nnc(-c2ccco2)n1-c1ccccc1C. The second kappa shape index (κ2) is 8.36. The van der Waals surface area contributed by atoms with E-state index in [0.717, 1.165) is 16.8 Å². The molecule has 0 saturated heterocycles. The Morgan fingerprint density at radius 3 is 2.62 bits per heavy atom. The van der Waals surface area contributed by atoms with Gasteiger partial charge in [0.05, 0.1) is 24.6 Å². The molecule has 0 spiro atoms. The maximum Gasteiger partial charge on any atom is 0.338 e. The average Bonchev–Trinajstić information content (AvgIpc) is 3.42. The highest BCUT2D eigenvalue weighted by Gasteiger charge is 2.20. The van der Waals surface area contributed by atoms with Gasteiger partial charge in [-0.05, 0) is 42.3 Å². The first-order valence-corrected chi connectivity index (χ1v) is 10.0. The van der Waals surface area contributed by atoms with E-state index < -0.39 is 0 Å². The minimum absolute atomic E-state index is 0.349. The van der Waals surface area contributed by atoms with Gasteiger partial charge in [0.25, 0.3) is 0 Å². The standard InChI is InChI=1S/C22H19N3O3S/c1-15-8-3-6-11-18(15)25-20(19-12-7-13-28-19)23-24-22(25)29-14-16-9-4-5-10-17(16)21(26)27-2/h3-13H,14H2,1-2H3. The molecule has 0 N–H and O–H groups in total. The van der Waals surface area contributed by atoms with Crippen molar-refractivity contribution in [1.82, 2.24) is 14.8 Å². The lowest BCUT2D eigenvalue weighted by molar-refractivity contribution is 0.0600. The third-order valence-electron chi connectivity index (χ3n) is 4.51. The minimum Gasteiger partial charge on any atom is -0.465 e. The van der Waals surface area contributed by atoms with E-state index in [1.165, 1.54) is 18.9 Å². The van der Waals surface area contributed by atoms with Crippen molar-refractivity contribution >= 4 is 17.7 Å². The van der Waals surface area contributed by atoms with Crippen molar-refractivity contribution in [2.45, 2.75) is 17.8 Å². The molecule has 4 aromatic rings. The van der Waals surface area contributed by atoms with Gasteiger partial charge in [0.2, 0.25) is 5.82 Å². The van der Waals surface area contributed by atoms with E-state index in [4.69, 9.17) is 9.15 Å². The molecule has 0 aliphatic carbocycles. The summed E-state index contributed by atoms with van der Waals surface area (Å²) in [6.45, 7) is 2.04. The first-order chi connectivity index (χ1) is 14.2. The highest BCUT2D eigenvalue weighted by atomic mass is 32.2. The number of methoxy groups -OCH3 is 1. The molecule has 0 atom stereocenters. The lowest BCUT2D eigenvalue weighted by Gasteiger charge is -2.12. The molecule has 2 aromatic heterocycles. The van der Waals surface area contributed by atoms with Crippen molar-refractivity contribution in [3.8, 4) is 17.3 Å². The fraction of sp³-hybridized carbons (Fsp3) is 0.136. The van der Waals surface area contributed by atoms with Crippen molar-refractivity contribution < 1.29 is 13.9 Å².